The number of aliphatic hydroxyl groups is 2. The molecule has 0 aromatic carbocycles. The second kappa shape index (κ2) is 4.45. The Morgan fingerprint density at radius 3 is 2.60 bits per heavy atom. The van der Waals surface area contributed by atoms with Crippen LogP contribution < -0.4 is 0 Å². The predicted octanol–water partition coefficient (Wildman–Crippen LogP) is 0.272. The SMILES string of the molecule is O[C@@H]1CN(Cc2cccc(Cl)n2)C[C@@H]1O. The quantitative estimate of drug-likeness (QED) is 0.714. The molecule has 0 aliphatic carbocycles. The lowest BCUT2D eigenvalue weighted by Gasteiger charge is -2.13. The van der Waals surface area contributed by atoms with Gasteiger partial charge < -0.3 is 10.2 Å². The summed E-state index contributed by atoms with van der Waals surface area (Å²) in [6.07, 6.45) is -1.30. The number of aliphatic hydroxyl groups excluding tert-OH is 2. The van der Waals surface area contributed by atoms with E-state index >= 15 is 0 Å². The summed E-state index contributed by atoms with van der Waals surface area (Å²) in [5.74, 6) is 0. The molecular formula is C10H13ClN2O2. The van der Waals surface area contributed by atoms with E-state index in [0.717, 1.165) is 5.69 Å². The number of β-amino-alcohol motifs (C(OH)–C–C–N with tert-alkyl or cyclic N) is 2. The van der Waals surface area contributed by atoms with Crippen LogP contribution in [0.2, 0.25) is 5.15 Å². The second-order valence-corrected chi connectivity index (χ2v) is 4.17. The first kappa shape index (κ1) is 10.8. The highest BCUT2D eigenvalue weighted by Crippen LogP contribution is 2.14. The van der Waals surface area contributed by atoms with E-state index in [1.165, 1.54) is 0 Å². The monoisotopic (exact) mass is 228 g/mol. The van der Waals surface area contributed by atoms with Gasteiger partial charge in [-0.2, -0.15) is 0 Å². The smallest absolute Gasteiger partial charge is 0.129 e. The average Bonchev–Trinajstić information content (AvgIpc) is 2.45. The minimum atomic E-state index is -0.649. The number of hydrogen-bond acceptors (Lipinski definition) is 4. The molecule has 2 rings (SSSR count). The molecule has 1 saturated heterocycles. The minimum absolute atomic E-state index is 0.466. The summed E-state index contributed by atoms with van der Waals surface area (Å²) in [6.45, 7) is 1.57. The molecule has 0 spiro atoms. The molecule has 1 fully saturated rings. The number of aromatic nitrogens is 1. The van der Waals surface area contributed by atoms with Gasteiger partial charge in [0.15, 0.2) is 0 Å². The maximum absolute atomic E-state index is 9.36. The first-order valence-electron chi connectivity index (χ1n) is 4.85. The van der Waals surface area contributed by atoms with Crippen LogP contribution in [0.25, 0.3) is 0 Å². The van der Waals surface area contributed by atoms with Crippen LogP contribution in [0.5, 0.6) is 0 Å². The molecule has 0 amide bonds. The van der Waals surface area contributed by atoms with Crippen LogP contribution in [0.15, 0.2) is 18.2 Å². The summed E-state index contributed by atoms with van der Waals surface area (Å²) in [6, 6.07) is 5.44. The van der Waals surface area contributed by atoms with Crippen molar-refractivity contribution in [2.75, 3.05) is 13.1 Å². The highest BCUT2D eigenvalue weighted by atomic mass is 35.5. The van der Waals surface area contributed by atoms with E-state index in [9.17, 15) is 10.2 Å². The molecule has 1 aliphatic heterocycles. The third-order valence-corrected chi connectivity index (χ3v) is 2.70. The fraction of sp³-hybridized carbons (Fsp3) is 0.500. The number of hydrogen-bond donors (Lipinski definition) is 2. The zero-order chi connectivity index (χ0) is 10.8. The van der Waals surface area contributed by atoms with Crippen molar-refractivity contribution in [1.29, 1.82) is 0 Å². The normalized spacial score (nSPS) is 27.1. The van der Waals surface area contributed by atoms with Crippen LogP contribution in [-0.2, 0) is 6.54 Å². The molecule has 2 atom stereocenters. The van der Waals surface area contributed by atoms with Gasteiger partial charge in [-0.3, -0.25) is 4.90 Å². The van der Waals surface area contributed by atoms with E-state index < -0.39 is 12.2 Å². The lowest BCUT2D eigenvalue weighted by atomic mass is 10.3. The van der Waals surface area contributed by atoms with Crippen molar-refractivity contribution >= 4 is 11.6 Å². The number of pyridine rings is 1. The zero-order valence-corrected chi connectivity index (χ0v) is 8.93. The lowest BCUT2D eigenvalue weighted by Crippen LogP contribution is -2.22. The second-order valence-electron chi connectivity index (χ2n) is 3.78. The van der Waals surface area contributed by atoms with Gasteiger partial charge in [0.1, 0.15) is 5.15 Å². The van der Waals surface area contributed by atoms with Gasteiger partial charge in [-0.25, -0.2) is 4.98 Å². The molecule has 82 valence electrons. The number of likely N-dealkylation sites (tertiary alicyclic amines) is 1. The molecule has 1 aromatic rings. The van der Waals surface area contributed by atoms with Crippen LogP contribution >= 0.6 is 11.6 Å². The number of halogens is 1. The van der Waals surface area contributed by atoms with Crippen LogP contribution in [-0.4, -0.2) is 45.4 Å². The van der Waals surface area contributed by atoms with Gasteiger partial charge in [0, 0.05) is 19.6 Å². The molecule has 4 nitrogen and oxygen atoms in total. The van der Waals surface area contributed by atoms with Crippen molar-refractivity contribution in [3.8, 4) is 0 Å². The number of rotatable bonds is 2. The van der Waals surface area contributed by atoms with Gasteiger partial charge in [-0.1, -0.05) is 17.7 Å². The molecule has 0 saturated carbocycles. The minimum Gasteiger partial charge on any atom is -0.389 e. The van der Waals surface area contributed by atoms with Crippen molar-refractivity contribution < 1.29 is 10.2 Å². The molecule has 1 aliphatic rings. The van der Waals surface area contributed by atoms with E-state index in [0.29, 0.717) is 24.8 Å². The Morgan fingerprint density at radius 2 is 2.00 bits per heavy atom. The van der Waals surface area contributed by atoms with Crippen LogP contribution in [0.1, 0.15) is 5.69 Å². The maximum Gasteiger partial charge on any atom is 0.129 e. The predicted molar refractivity (Wildman–Crippen MR) is 56.5 cm³/mol. The van der Waals surface area contributed by atoms with Gasteiger partial charge in [-0.05, 0) is 12.1 Å². The third-order valence-electron chi connectivity index (χ3n) is 2.49. The van der Waals surface area contributed by atoms with Crippen LogP contribution in [0, 0.1) is 0 Å². The summed E-state index contributed by atoms with van der Waals surface area (Å²) in [4.78, 5) is 6.10. The van der Waals surface area contributed by atoms with Crippen molar-refractivity contribution in [3.63, 3.8) is 0 Å². The largest absolute Gasteiger partial charge is 0.389 e. The fourth-order valence-corrected chi connectivity index (χ4v) is 1.92. The van der Waals surface area contributed by atoms with Crippen LogP contribution in [0.3, 0.4) is 0 Å². The Morgan fingerprint density at radius 1 is 1.33 bits per heavy atom. The van der Waals surface area contributed by atoms with Gasteiger partial charge in [-0.15, -0.1) is 0 Å². The van der Waals surface area contributed by atoms with Gasteiger partial charge in [0.05, 0.1) is 17.9 Å². The van der Waals surface area contributed by atoms with E-state index in [4.69, 9.17) is 11.6 Å². The molecule has 0 bridgehead atoms. The van der Waals surface area contributed by atoms with Crippen molar-refractivity contribution in [3.05, 3.63) is 29.0 Å². The van der Waals surface area contributed by atoms with Crippen molar-refractivity contribution in [2.24, 2.45) is 0 Å². The van der Waals surface area contributed by atoms with Crippen molar-refractivity contribution in [1.82, 2.24) is 9.88 Å². The molecular weight excluding hydrogens is 216 g/mol. The van der Waals surface area contributed by atoms with Crippen molar-refractivity contribution in [2.45, 2.75) is 18.8 Å². The van der Waals surface area contributed by atoms with Gasteiger partial charge in [0.2, 0.25) is 0 Å². The lowest BCUT2D eigenvalue weighted by molar-refractivity contribution is 0.0572. The Bertz CT molecular complexity index is 338. The highest BCUT2D eigenvalue weighted by molar-refractivity contribution is 6.29. The van der Waals surface area contributed by atoms with Gasteiger partial charge in [0.25, 0.3) is 0 Å². The van der Waals surface area contributed by atoms with E-state index in [1.807, 2.05) is 17.0 Å². The van der Waals surface area contributed by atoms with Gasteiger partial charge >= 0.3 is 0 Å². The molecule has 5 heteroatoms. The average molecular weight is 229 g/mol. The number of nitrogens with zero attached hydrogens (tertiary/aromatic N) is 2. The topological polar surface area (TPSA) is 56.6 Å². The molecule has 1 aromatic heterocycles. The molecule has 2 N–H and O–H groups in total. The van der Waals surface area contributed by atoms with E-state index in [2.05, 4.69) is 4.98 Å². The molecule has 15 heavy (non-hydrogen) atoms. The highest BCUT2D eigenvalue weighted by Gasteiger charge is 2.29. The summed E-state index contributed by atoms with van der Waals surface area (Å²) >= 11 is 5.76. The standard InChI is InChI=1S/C10H13ClN2O2/c11-10-3-1-2-7(12-10)4-13-5-8(14)9(15)6-13/h1-3,8-9,14-15H,4-6H2/t8-,9+. The third kappa shape index (κ3) is 2.66. The Kier molecular flexibility index (Phi) is 3.21. The first-order chi connectivity index (χ1) is 7.15. The zero-order valence-electron chi connectivity index (χ0n) is 8.17. The Labute approximate surface area is 93.1 Å². The van der Waals surface area contributed by atoms with Crippen LogP contribution in [0.4, 0.5) is 0 Å². The van der Waals surface area contributed by atoms with E-state index in [1.54, 1.807) is 6.07 Å². The fourth-order valence-electron chi connectivity index (χ4n) is 1.74. The van der Waals surface area contributed by atoms with E-state index in [-0.39, 0.29) is 0 Å². The summed E-state index contributed by atoms with van der Waals surface area (Å²) in [5, 5.41) is 19.2. The first-order valence-corrected chi connectivity index (χ1v) is 5.23. The molecule has 2 heterocycles. The summed E-state index contributed by atoms with van der Waals surface area (Å²) in [5.41, 5.74) is 0.851. The Hall–Kier alpha value is -0.680. The maximum atomic E-state index is 9.36. The molecule has 0 unspecified atom stereocenters. The molecule has 0 radical (unpaired) electrons. The summed E-state index contributed by atoms with van der Waals surface area (Å²) in [7, 11) is 0. The summed E-state index contributed by atoms with van der Waals surface area (Å²) < 4.78 is 0. The Balaban J connectivity index is 1.98.